The molecule has 1 unspecified atom stereocenters. The van der Waals surface area contributed by atoms with Crippen molar-refractivity contribution >= 4 is 11.8 Å². The maximum absolute atomic E-state index is 12.4. The Hall–Kier alpha value is -1.14. The molecule has 27 heavy (non-hydrogen) atoms. The first-order valence-electron chi connectivity index (χ1n) is 11.2. The Kier molecular flexibility index (Phi) is 7.94. The van der Waals surface area contributed by atoms with Gasteiger partial charge in [0.1, 0.15) is 0 Å². The first-order valence-corrected chi connectivity index (χ1v) is 11.2. The number of carbonyl (C=O) groups excluding carboxylic acids is 2. The Balaban J connectivity index is 1.35. The fourth-order valence-electron chi connectivity index (χ4n) is 4.88. The van der Waals surface area contributed by atoms with Crippen molar-refractivity contribution in [3.63, 3.8) is 0 Å². The van der Waals surface area contributed by atoms with E-state index in [1.54, 1.807) is 0 Å². The molecule has 3 aliphatic rings. The van der Waals surface area contributed by atoms with Crippen molar-refractivity contribution in [2.75, 3.05) is 32.7 Å². The zero-order valence-electron chi connectivity index (χ0n) is 17.0. The van der Waals surface area contributed by atoms with E-state index in [4.69, 9.17) is 0 Å². The van der Waals surface area contributed by atoms with Gasteiger partial charge >= 0.3 is 0 Å². The number of nitrogens with one attached hydrogen (secondary N) is 2. The minimum Gasteiger partial charge on any atom is -0.352 e. The normalized spacial score (nSPS) is 26.6. The van der Waals surface area contributed by atoms with Gasteiger partial charge in [0.25, 0.3) is 0 Å². The molecule has 2 saturated carbocycles. The molecular weight excluding hydrogens is 340 g/mol. The molecule has 3 fully saturated rings. The van der Waals surface area contributed by atoms with Crippen molar-refractivity contribution in [3.8, 4) is 0 Å². The third kappa shape index (κ3) is 6.75. The van der Waals surface area contributed by atoms with E-state index < -0.39 is 0 Å². The second-order valence-corrected chi connectivity index (χ2v) is 8.86. The zero-order valence-corrected chi connectivity index (χ0v) is 17.0. The van der Waals surface area contributed by atoms with Crippen LogP contribution in [0.4, 0.5) is 0 Å². The third-order valence-electron chi connectivity index (χ3n) is 6.50. The lowest BCUT2D eigenvalue weighted by Gasteiger charge is -2.39. The number of hydrogen-bond donors (Lipinski definition) is 2. The molecular formula is C21H38N4O2. The number of rotatable bonds is 6. The molecule has 0 aromatic rings. The average Bonchev–Trinajstić information content (AvgIpc) is 2.65. The SMILES string of the molecule is CC1CN(CC(=O)NC2CCCCC2)CCN1CC(=O)NC1CCCCC1. The second kappa shape index (κ2) is 10.4. The average molecular weight is 379 g/mol. The summed E-state index contributed by atoms with van der Waals surface area (Å²) in [6.07, 6.45) is 12.1. The summed E-state index contributed by atoms with van der Waals surface area (Å²) in [6.45, 7) is 5.71. The lowest BCUT2D eigenvalue weighted by Crippen LogP contribution is -2.56. The summed E-state index contributed by atoms with van der Waals surface area (Å²) >= 11 is 0. The van der Waals surface area contributed by atoms with Crippen LogP contribution < -0.4 is 10.6 Å². The molecule has 2 aliphatic carbocycles. The van der Waals surface area contributed by atoms with Crippen molar-refractivity contribution in [2.45, 2.75) is 89.3 Å². The van der Waals surface area contributed by atoms with Gasteiger partial charge in [-0.05, 0) is 32.6 Å². The fourth-order valence-corrected chi connectivity index (χ4v) is 4.88. The molecule has 1 atom stereocenters. The highest BCUT2D eigenvalue weighted by atomic mass is 16.2. The topological polar surface area (TPSA) is 64.7 Å². The van der Waals surface area contributed by atoms with Crippen molar-refractivity contribution in [3.05, 3.63) is 0 Å². The van der Waals surface area contributed by atoms with E-state index in [-0.39, 0.29) is 11.8 Å². The predicted molar refractivity (Wildman–Crippen MR) is 108 cm³/mol. The molecule has 1 saturated heterocycles. The highest BCUT2D eigenvalue weighted by molar-refractivity contribution is 5.79. The van der Waals surface area contributed by atoms with Crippen molar-refractivity contribution in [1.82, 2.24) is 20.4 Å². The van der Waals surface area contributed by atoms with Crippen LogP contribution in [0.15, 0.2) is 0 Å². The Morgan fingerprint density at radius 2 is 1.30 bits per heavy atom. The lowest BCUT2D eigenvalue weighted by molar-refractivity contribution is -0.126. The molecule has 2 amide bonds. The van der Waals surface area contributed by atoms with Crippen LogP contribution in [-0.2, 0) is 9.59 Å². The molecule has 6 nitrogen and oxygen atoms in total. The number of piperazine rings is 1. The Labute approximate surface area is 164 Å². The third-order valence-corrected chi connectivity index (χ3v) is 6.50. The number of amides is 2. The number of carbonyl (C=O) groups is 2. The summed E-state index contributed by atoms with van der Waals surface area (Å²) in [5, 5.41) is 6.43. The van der Waals surface area contributed by atoms with Crippen LogP contribution in [0.3, 0.4) is 0 Å². The van der Waals surface area contributed by atoms with Gasteiger partial charge in [0.2, 0.25) is 11.8 Å². The highest BCUT2D eigenvalue weighted by Gasteiger charge is 2.27. The zero-order chi connectivity index (χ0) is 19.1. The van der Waals surface area contributed by atoms with Crippen LogP contribution in [-0.4, -0.2) is 72.5 Å². The minimum atomic E-state index is 0.164. The Morgan fingerprint density at radius 3 is 1.81 bits per heavy atom. The van der Waals surface area contributed by atoms with Crippen LogP contribution in [0, 0.1) is 0 Å². The lowest BCUT2D eigenvalue weighted by atomic mass is 9.95. The second-order valence-electron chi connectivity index (χ2n) is 8.86. The summed E-state index contributed by atoms with van der Waals surface area (Å²) in [7, 11) is 0. The van der Waals surface area contributed by atoms with Crippen molar-refractivity contribution in [2.24, 2.45) is 0 Å². The van der Waals surface area contributed by atoms with Gasteiger partial charge in [-0.15, -0.1) is 0 Å². The van der Waals surface area contributed by atoms with E-state index in [1.807, 2.05) is 0 Å². The maximum Gasteiger partial charge on any atom is 0.234 e. The quantitative estimate of drug-likeness (QED) is 0.741. The summed E-state index contributed by atoms with van der Waals surface area (Å²) < 4.78 is 0. The van der Waals surface area contributed by atoms with Crippen LogP contribution in [0.5, 0.6) is 0 Å². The molecule has 2 N–H and O–H groups in total. The van der Waals surface area contributed by atoms with Crippen LogP contribution in [0.25, 0.3) is 0 Å². The van der Waals surface area contributed by atoms with Gasteiger partial charge in [0, 0.05) is 37.8 Å². The van der Waals surface area contributed by atoms with Gasteiger partial charge in [0.05, 0.1) is 13.1 Å². The Bertz CT molecular complexity index is 487. The van der Waals surface area contributed by atoms with E-state index in [2.05, 4.69) is 27.4 Å². The minimum absolute atomic E-state index is 0.164. The summed E-state index contributed by atoms with van der Waals surface area (Å²) in [5.41, 5.74) is 0. The van der Waals surface area contributed by atoms with Crippen LogP contribution in [0.1, 0.15) is 71.1 Å². The molecule has 0 aromatic heterocycles. The number of hydrogen-bond acceptors (Lipinski definition) is 4. The molecule has 6 heteroatoms. The fraction of sp³-hybridized carbons (Fsp3) is 0.905. The van der Waals surface area contributed by atoms with E-state index in [9.17, 15) is 9.59 Å². The number of nitrogens with zero attached hydrogens (tertiary/aromatic N) is 2. The van der Waals surface area contributed by atoms with Crippen molar-refractivity contribution < 1.29 is 9.59 Å². The van der Waals surface area contributed by atoms with Gasteiger partial charge in [0.15, 0.2) is 0 Å². The molecule has 1 heterocycles. The van der Waals surface area contributed by atoms with E-state index in [0.717, 1.165) is 45.3 Å². The molecule has 3 rings (SSSR count). The van der Waals surface area contributed by atoms with Crippen molar-refractivity contribution in [1.29, 1.82) is 0 Å². The van der Waals surface area contributed by atoms with Crippen LogP contribution in [0.2, 0.25) is 0 Å². The Morgan fingerprint density at radius 1 is 0.778 bits per heavy atom. The van der Waals surface area contributed by atoms with Gasteiger partial charge in [-0.1, -0.05) is 38.5 Å². The molecule has 0 aromatic carbocycles. The largest absolute Gasteiger partial charge is 0.352 e. The van der Waals surface area contributed by atoms with Crippen LogP contribution >= 0.6 is 0 Å². The first kappa shape index (κ1) is 20.6. The summed E-state index contributed by atoms with van der Waals surface area (Å²) in [4.78, 5) is 29.2. The molecule has 154 valence electrons. The molecule has 0 spiro atoms. The van der Waals surface area contributed by atoms with Gasteiger partial charge in [-0.3, -0.25) is 19.4 Å². The van der Waals surface area contributed by atoms with E-state index >= 15 is 0 Å². The molecule has 1 aliphatic heterocycles. The van der Waals surface area contributed by atoms with Gasteiger partial charge < -0.3 is 10.6 Å². The monoisotopic (exact) mass is 378 g/mol. The molecule has 0 bridgehead atoms. The summed E-state index contributed by atoms with van der Waals surface area (Å²) in [5.74, 6) is 0.329. The molecule has 0 radical (unpaired) electrons. The van der Waals surface area contributed by atoms with Gasteiger partial charge in [-0.2, -0.15) is 0 Å². The van der Waals surface area contributed by atoms with E-state index in [0.29, 0.717) is 31.2 Å². The van der Waals surface area contributed by atoms with Gasteiger partial charge in [-0.25, -0.2) is 0 Å². The predicted octanol–water partition coefficient (Wildman–Crippen LogP) is 1.89. The standard InChI is InChI=1S/C21H38N4O2/c1-17-14-24(15-20(26)22-18-8-4-2-5-9-18)12-13-25(17)16-21(27)23-19-10-6-3-7-11-19/h17-19H,2-16H2,1H3,(H,22,26)(H,23,27). The summed E-state index contributed by atoms with van der Waals surface area (Å²) in [6, 6.07) is 1.07. The first-order chi connectivity index (χ1) is 13.1. The maximum atomic E-state index is 12.4. The van der Waals surface area contributed by atoms with E-state index in [1.165, 1.54) is 38.5 Å². The smallest absolute Gasteiger partial charge is 0.234 e. The highest BCUT2D eigenvalue weighted by Crippen LogP contribution is 2.18.